The smallest absolute Gasteiger partial charge is 0.123 e. The van der Waals surface area contributed by atoms with Crippen LogP contribution in [0.25, 0.3) is 0 Å². The molecule has 0 saturated carbocycles. The first-order chi connectivity index (χ1) is 9.29. The third kappa shape index (κ3) is 2.14. The molecule has 0 aliphatic carbocycles. The Balaban J connectivity index is 1.96. The average Bonchev–Trinajstić information content (AvgIpc) is 2.86. The summed E-state index contributed by atoms with van der Waals surface area (Å²) in [4.78, 5) is 2.33. The molecule has 96 valence electrons. The largest absolute Gasteiger partial charge is 0.360 e. The van der Waals surface area contributed by atoms with Gasteiger partial charge in [-0.25, -0.2) is 4.39 Å². The van der Waals surface area contributed by atoms with Gasteiger partial charge in [0.1, 0.15) is 5.82 Å². The van der Waals surface area contributed by atoms with Crippen LogP contribution in [-0.2, 0) is 6.42 Å². The zero-order valence-electron chi connectivity index (χ0n) is 10.7. The van der Waals surface area contributed by atoms with E-state index in [1.165, 1.54) is 23.4 Å². The van der Waals surface area contributed by atoms with Gasteiger partial charge in [-0.05, 0) is 35.7 Å². The summed E-state index contributed by atoms with van der Waals surface area (Å²) in [5.41, 5.74) is 3.71. The normalized spacial score (nSPS) is 15.1. The highest BCUT2D eigenvalue weighted by Gasteiger charge is 2.24. The van der Waals surface area contributed by atoms with Crippen molar-refractivity contribution >= 4 is 5.69 Å². The van der Waals surface area contributed by atoms with Gasteiger partial charge >= 0.3 is 0 Å². The highest BCUT2D eigenvalue weighted by molar-refractivity contribution is 5.60. The van der Waals surface area contributed by atoms with Crippen molar-refractivity contribution in [1.82, 2.24) is 0 Å². The van der Waals surface area contributed by atoms with Gasteiger partial charge in [0.05, 0.1) is 6.04 Å². The molecule has 2 heteroatoms. The van der Waals surface area contributed by atoms with Crippen molar-refractivity contribution in [3.05, 3.63) is 78.1 Å². The molecule has 1 aliphatic rings. The second kappa shape index (κ2) is 4.88. The SMILES string of the molecule is C=C[C@@H](c1ccc(F)cc1)N1CCc2ccccc21. The highest BCUT2D eigenvalue weighted by atomic mass is 19.1. The zero-order chi connectivity index (χ0) is 13.2. The van der Waals surface area contributed by atoms with Crippen LogP contribution in [0.2, 0.25) is 0 Å². The molecule has 0 radical (unpaired) electrons. The third-order valence-electron chi connectivity index (χ3n) is 3.69. The quantitative estimate of drug-likeness (QED) is 0.744. The summed E-state index contributed by atoms with van der Waals surface area (Å²) in [6.45, 7) is 4.92. The van der Waals surface area contributed by atoms with Crippen LogP contribution < -0.4 is 4.90 Å². The van der Waals surface area contributed by atoms with Gasteiger partial charge in [0.25, 0.3) is 0 Å². The van der Waals surface area contributed by atoms with Crippen LogP contribution in [0.3, 0.4) is 0 Å². The van der Waals surface area contributed by atoms with Gasteiger partial charge < -0.3 is 4.90 Å². The van der Waals surface area contributed by atoms with Crippen LogP contribution in [0.4, 0.5) is 10.1 Å². The number of hydrogen-bond acceptors (Lipinski definition) is 1. The maximum Gasteiger partial charge on any atom is 0.123 e. The van der Waals surface area contributed by atoms with E-state index < -0.39 is 0 Å². The lowest BCUT2D eigenvalue weighted by molar-refractivity contribution is 0.625. The molecule has 1 aliphatic heterocycles. The van der Waals surface area contributed by atoms with Gasteiger partial charge in [-0.15, -0.1) is 6.58 Å². The van der Waals surface area contributed by atoms with Gasteiger partial charge in [-0.2, -0.15) is 0 Å². The Morgan fingerprint density at radius 1 is 1.11 bits per heavy atom. The second-order valence-corrected chi connectivity index (χ2v) is 4.80. The minimum atomic E-state index is -0.201. The number of anilines is 1. The van der Waals surface area contributed by atoms with E-state index >= 15 is 0 Å². The molecule has 1 atom stereocenters. The Morgan fingerprint density at radius 2 is 1.84 bits per heavy atom. The Labute approximate surface area is 113 Å². The monoisotopic (exact) mass is 253 g/mol. The van der Waals surface area contributed by atoms with Crippen molar-refractivity contribution in [2.24, 2.45) is 0 Å². The minimum absolute atomic E-state index is 0.101. The molecule has 0 N–H and O–H groups in total. The van der Waals surface area contributed by atoms with Crippen LogP contribution in [0.1, 0.15) is 17.2 Å². The molecule has 0 fully saturated rings. The fraction of sp³-hybridized carbons (Fsp3) is 0.176. The zero-order valence-corrected chi connectivity index (χ0v) is 10.7. The molecule has 0 amide bonds. The number of halogens is 1. The summed E-state index contributed by atoms with van der Waals surface area (Å²) < 4.78 is 13.0. The fourth-order valence-electron chi connectivity index (χ4n) is 2.76. The second-order valence-electron chi connectivity index (χ2n) is 4.80. The van der Waals surface area contributed by atoms with Crippen LogP contribution in [0.5, 0.6) is 0 Å². The first-order valence-corrected chi connectivity index (χ1v) is 6.52. The van der Waals surface area contributed by atoms with Gasteiger partial charge in [0, 0.05) is 12.2 Å². The van der Waals surface area contributed by atoms with E-state index in [2.05, 4.69) is 35.7 Å². The minimum Gasteiger partial charge on any atom is -0.360 e. The van der Waals surface area contributed by atoms with E-state index in [-0.39, 0.29) is 11.9 Å². The summed E-state index contributed by atoms with van der Waals surface area (Å²) in [5.74, 6) is -0.201. The Morgan fingerprint density at radius 3 is 2.58 bits per heavy atom. The van der Waals surface area contributed by atoms with Crippen molar-refractivity contribution in [2.75, 3.05) is 11.4 Å². The number of nitrogens with zero attached hydrogens (tertiary/aromatic N) is 1. The van der Waals surface area contributed by atoms with Crippen molar-refractivity contribution < 1.29 is 4.39 Å². The Bertz CT molecular complexity index is 588. The topological polar surface area (TPSA) is 3.24 Å². The molecule has 1 nitrogen and oxygen atoms in total. The van der Waals surface area contributed by atoms with E-state index in [1.54, 1.807) is 0 Å². The first kappa shape index (κ1) is 12.0. The molecule has 0 unspecified atom stereocenters. The molecular formula is C17H16FN. The number of fused-ring (bicyclic) bond motifs is 1. The lowest BCUT2D eigenvalue weighted by atomic mass is 10.0. The van der Waals surface area contributed by atoms with E-state index in [0.717, 1.165) is 18.5 Å². The Hall–Kier alpha value is -2.09. The summed E-state index contributed by atoms with van der Waals surface area (Å²) >= 11 is 0. The highest BCUT2D eigenvalue weighted by Crippen LogP contribution is 2.35. The maximum absolute atomic E-state index is 13.0. The fourth-order valence-corrected chi connectivity index (χ4v) is 2.76. The van der Waals surface area contributed by atoms with Crippen molar-refractivity contribution in [2.45, 2.75) is 12.5 Å². The molecule has 0 spiro atoms. The van der Waals surface area contributed by atoms with E-state index in [4.69, 9.17) is 0 Å². The molecule has 19 heavy (non-hydrogen) atoms. The average molecular weight is 253 g/mol. The van der Waals surface area contributed by atoms with Crippen LogP contribution >= 0.6 is 0 Å². The number of rotatable bonds is 3. The molecule has 0 aromatic heterocycles. The van der Waals surface area contributed by atoms with Crippen molar-refractivity contribution in [3.8, 4) is 0 Å². The van der Waals surface area contributed by atoms with Crippen LogP contribution in [-0.4, -0.2) is 6.54 Å². The maximum atomic E-state index is 13.0. The molecular weight excluding hydrogens is 237 g/mol. The number of para-hydroxylation sites is 1. The van der Waals surface area contributed by atoms with Gasteiger partial charge in [-0.3, -0.25) is 0 Å². The van der Waals surface area contributed by atoms with E-state index in [1.807, 2.05) is 18.2 Å². The number of hydrogen-bond donors (Lipinski definition) is 0. The van der Waals surface area contributed by atoms with Crippen LogP contribution in [0.15, 0.2) is 61.2 Å². The summed E-state index contributed by atoms with van der Waals surface area (Å²) in [5, 5.41) is 0. The summed E-state index contributed by atoms with van der Waals surface area (Å²) in [6.07, 6.45) is 2.98. The molecule has 0 bridgehead atoms. The van der Waals surface area contributed by atoms with Gasteiger partial charge in [0.2, 0.25) is 0 Å². The van der Waals surface area contributed by atoms with Crippen molar-refractivity contribution in [3.63, 3.8) is 0 Å². The predicted molar refractivity (Wildman–Crippen MR) is 76.8 cm³/mol. The summed E-state index contributed by atoms with van der Waals surface area (Å²) in [6, 6.07) is 15.2. The predicted octanol–water partition coefficient (Wildman–Crippen LogP) is 4.12. The lowest BCUT2D eigenvalue weighted by Gasteiger charge is -2.28. The van der Waals surface area contributed by atoms with E-state index in [9.17, 15) is 4.39 Å². The molecule has 2 aromatic carbocycles. The van der Waals surface area contributed by atoms with Gasteiger partial charge in [0.15, 0.2) is 0 Å². The first-order valence-electron chi connectivity index (χ1n) is 6.52. The molecule has 3 rings (SSSR count). The lowest BCUT2D eigenvalue weighted by Crippen LogP contribution is -2.25. The molecule has 2 aromatic rings. The number of benzene rings is 2. The third-order valence-corrected chi connectivity index (χ3v) is 3.69. The Kier molecular flexibility index (Phi) is 3.08. The molecule has 0 saturated heterocycles. The van der Waals surface area contributed by atoms with Crippen LogP contribution in [0, 0.1) is 5.82 Å². The molecule has 1 heterocycles. The van der Waals surface area contributed by atoms with E-state index in [0.29, 0.717) is 0 Å². The van der Waals surface area contributed by atoms with Crippen molar-refractivity contribution in [1.29, 1.82) is 0 Å². The summed E-state index contributed by atoms with van der Waals surface area (Å²) in [7, 11) is 0. The standard InChI is InChI=1S/C17H16FN/c1-2-16(14-7-9-15(18)10-8-14)19-12-11-13-5-3-4-6-17(13)19/h2-10,16H,1,11-12H2/t16-/m0/s1. The van der Waals surface area contributed by atoms with Gasteiger partial charge in [-0.1, -0.05) is 36.4 Å².